The van der Waals surface area contributed by atoms with Gasteiger partial charge in [-0.15, -0.1) is 0 Å². The van der Waals surface area contributed by atoms with Crippen molar-refractivity contribution in [1.82, 2.24) is 5.32 Å². The van der Waals surface area contributed by atoms with Crippen molar-refractivity contribution in [2.45, 2.75) is 6.10 Å². The Bertz CT molecular complexity index is 361. The first-order chi connectivity index (χ1) is 7.43. The Balaban J connectivity index is 1.85. The van der Waals surface area contributed by atoms with Crippen LogP contribution in [0.4, 0.5) is 0 Å². The molecule has 80 valence electrons. The molecule has 0 spiro atoms. The standard InChI is InChI=1S/C11H13NO3/c1-2-9-10(15-7-14-9)5-8(1)11-6-12-3-4-13-11/h1-2,5,11-12H,3-4,6-7H2. The highest BCUT2D eigenvalue weighted by molar-refractivity contribution is 5.45. The lowest BCUT2D eigenvalue weighted by molar-refractivity contribution is 0.0276. The van der Waals surface area contributed by atoms with Gasteiger partial charge in [0.2, 0.25) is 6.79 Å². The topological polar surface area (TPSA) is 39.7 Å². The van der Waals surface area contributed by atoms with Crippen molar-refractivity contribution in [3.63, 3.8) is 0 Å². The highest BCUT2D eigenvalue weighted by Gasteiger charge is 2.19. The second kappa shape index (κ2) is 3.72. The molecule has 4 nitrogen and oxygen atoms in total. The zero-order valence-electron chi connectivity index (χ0n) is 8.36. The Hall–Kier alpha value is -1.26. The third kappa shape index (κ3) is 1.66. The molecule has 0 aliphatic carbocycles. The molecule has 2 aliphatic heterocycles. The minimum Gasteiger partial charge on any atom is -0.454 e. The molecule has 2 heterocycles. The van der Waals surface area contributed by atoms with Crippen LogP contribution in [0.1, 0.15) is 11.7 Å². The quantitative estimate of drug-likeness (QED) is 0.748. The summed E-state index contributed by atoms with van der Waals surface area (Å²) >= 11 is 0. The second-order valence-corrected chi connectivity index (χ2v) is 3.68. The van der Waals surface area contributed by atoms with Crippen LogP contribution >= 0.6 is 0 Å². The fourth-order valence-corrected chi connectivity index (χ4v) is 1.89. The maximum absolute atomic E-state index is 5.66. The summed E-state index contributed by atoms with van der Waals surface area (Å²) in [5.41, 5.74) is 1.14. The van der Waals surface area contributed by atoms with Crippen LogP contribution in [-0.2, 0) is 4.74 Å². The number of hydrogen-bond donors (Lipinski definition) is 1. The van der Waals surface area contributed by atoms with Gasteiger partial charge in [-0.1, -0.05) is 6.07 Å². The molecule has 0 amide bonds. The first-order valence-corrected chi connectivity index (χ1v) is 5.15. The van der Waals surface area contributed by atoms with Crippen molar-refractivity contribution in [2.24, 2.45) is 0 Å². The van der Waals surface area contributed by atoms with Crippen molar-refractivity contribution in [1.29, 1.82) is 0 Å². The molecule has 1 saturated heterocycles. The van der Waals surface area contributed by atoms with Gasteiger partial charge in [0.05, 0.1) is 12.7 Å². The number of morpholine rings is 1. The van der Waals surface area contributed by atoms with E-state index in [9.17, 15) is 0 Å². The molecule has 0 bridgehead atoms. The van der Waals surface area contributed by atoms with E-state index in [1.807, 2.05) is 18.2 Å². The van der Waals surface area contributed by atoms with E-state index in [-0.39, 0.29) is 6.10 Å². The molecule has 4 heteroatoms. The van der Waals surface area contributed by atoms with Gasteiger partial charge in [0.1, 0.15) is 0 Å². The summed E-state index contributed by atoms with van der Waals surface area (Å²) in [6.45, 7) is 2.88. The Kier molecular flexibility index (Phi) is 2.23. The summed E-state index contributed by atoms with van der Waals surface area (Å²) in [5, 5.41) is 3.30. The van der Waals surface area contributed by atoms with E-state index in [4.69, 9.17) is 14.2 Å². The van der Waals surface area contributed by atoms with Gasteiger partial charge in [0.15, 0.2) is 11.5 Å². The molecule has 1 unspecified atom stereocenters. The van der Waals surface area contributed by atoms with Crippen LogP contribution < -0.4 is 14.8 Å². The summed E-state index contributed by atoms with van der Waals surface area (Å²) in [7, 11) is 0. The molecule has 1 N–H and O–H groups in total. The molecule has 3 rings (SSSR count). The average molecular weight is 207 g/mol. The molecule has 1 aromatic carbocycles. The van der Waals surface area contributed by atoms with E-state index in [1.165, 1.54) is 0 Å². The normalized spacial score (nSPS) is 24.1. The lowest BCUT2D eigenvalue weighted by Gasteiger charge is -2.23. The predicted molar refractivity (Wildman–Crippen MR) is 54.1 cm³/mol. The third-order valence-electron chi connectivity index (χ3n) is 2.70. The van der Waals surface area contributed by atoms with Gasteiger partial charge in [0, 0.05) is 13.1 Å². The van der Waals surface area contributed by atoms with Crippen molar-refractivity contribution in [3.05, 3.63) is 23.8 Å². The molecule has 0 aromatic heterocycles. The molecule has 0 radical (unpaired) electrons. The Morgan fingerprint density at radius 3 is 3.00 bits per heavy atom. The fraction of sp³-hybridized carbons (Fsp3) is 0.455. The highest BCUT2D eigenvalue weighted by Crippen LogP contribution is 2.34. The second-order valence-electron chi connectivity index (χ2n) is 3.68. The monoisotopic (exact) mass is 207 g/mol. The van der Waals surface area contributed by atoms with Gasteiger partial charge in [-0.3, -0.25) is 0 Å². The Labute approximate surface area is 88.1 Å². The minimum absolute atomic E-state index is 0.133. The lowest BCUT2D eigenvalue weighted by Crippen LogP contribution is -2.33. The molecule has 0 saturated carbocycles. The summed E-state index contributed by atoms with van der Waals surface area (Å²) < 4.78 is 16.3. The SMILES string of the molecule is c1cc2c(cc1C1CNCCO1)OCO2. The van der Waals surface area contributed by atoms with Crippen LogP contribution in [0.25, 0.3) is 0 Å². The predicted octanol–water partition coefficient (Wildman–Crippen LogP) is 1.08. The van der Waals surface area contributed by atoms with Gasteiger partial charge >= 0.3 is 0 Å². The molecule has 1 atom stereocenters. The Morgan fingerprint density at radius 1 is 1.20 bits per heavy atom. The van der Waals surface area contributed by atoms with Crippen LogP contribution in [0.3, 0.4) is 0 Å². The zero-order valence-corrected chi connectivity index (χ0v) is 8.36. The first kappa shape index (κ1) is 9.00. The summed E-state index contributed by atoms with van der Waals surface area (Å²) in [5.74, 6) is 1.64. The molecular formula is C11H13NO3. The van der Waals surface area contributed by atoms with E-state index < -0.39 is 0 Å². The van der Waals surface area contributed by atoms with E-state index in [2.05, 4.69) is 5.32 Å². The van der Waals surface area contributed by atoms with E-state index in [1.54, 1.807) is 0 Å². The van der Waals surface area contributed by atoms with E-state index in [0.717, 1.165) is 36.8 Å². The van der Waals surface area contributed by atoms with Gasteiger partial charge < -0.3 is 19.5 Å². The van der Waals surface area contributed by atoms with Crippen molar-refractivity contribution >= 4 is 0 Å². The van der Waals surface area contributed by atoms with Crippen LogP contribution in [0.5, 0.6) is 11.5 Å². The van der Waals surface area contributed by atoms with Crippen LogP contribution in [0, 0.1) is 0 Å². The number of hydrogen-bond acceptors (Lipinski definition) is 4. The molecule has 1 fully saturated rings. The number of rotatable bonds is 1. The lowest BCUT2D eigenvalue weighted by atomic mass is 10.1. The highest BCUT2D eigenvalue weighted by atomic mass is 16.7. The van der Waals surface area contributed by atoms with Crippen molar-refractivity contribution in [2.75, 3.05) is 26.5 Å². The van der Waals surface area contributed by atoms with Crippen molar-refractivity contribution < 1.29 is 14.2 Å². The maximum atomic E-state index is 5.66. The van der Waals surface area contributed by atoms with Crippen LogP contribution in [-0.4, -0.2) is 26.5 Å². The maximum Gasteiger partial charge on any atom is 0.231 e. The van der Waals surface area contributed by atoms with Crippen LogP contribution in [0.2, 0.25) is 0 Å². The number of nitrogens with one attached hydrogen (secondary N) is 1. The van der Waals surface area contributed by atoms with Gasteiger partial charge in [-0.2, -0.15) is 0 Å². The molecule has 1 aromatic rings. The summed E-state index contributed by atoms with van der Waals surface area (Å²) in [6, 6.07) is 5.97. The van der Waals surface area contributed by atoms with E-state index >= 15 is 0 Å². The average Bonchev–Trinajstić information content (AvgIpc) is 2.77. The zero-order chi connectivity index (χ0) is 10.1. The van der Waals surface area contributed by atoms with Crippen molar-refractivity contribution in [3.8, 4) is 11.5 Å². The largest absolute Gasteiger partial charge is 0.454 e. The molecular weight excluding hydrogens is 194 g/mol. The molecule has 15 heavy (non-hydrogen) atoms. The molecule has 2 aliphatic rings. The number of ether oxygens (including phenoxy) is 3. The number of benzene rings is 1. The first-order valence-electron chi connectivity index (χ1n) is 5.15. The van der Waals surface area contributed by atoms with Gasteiger partial charge in [0.25, 0.3) is 0 Å². The third-order valence-corrected chi connectivity index (χ3v) is 2.70. The minimum atomic E-state index is 0.133. The number of fused-ring (bicyclic) bond motifs is 1. The van der Waals surface area contributed by atoms with Crippen LogP contribution in [0.15, 0.2) is 18.2 Å². The smallest absolute Gasteiger partial charge is 0.231 e. The van der Waals surface area contributed by atoms with Gasteiger partial charge in [-0.05, 0) is 17.7 Å². The Morgan fingerprint density at radius 2 is 2.13 bits per heavy atom. The summed E-state index contributed by atoms with van der Waals surface area (Å²) in [6.07, 6.45) is 0.133. The fourth-order valence-electron chi connectivity index (χ4n) is 1.89. The van der Waals surface area contributed by atoms with Gasteiger partial charge in [-0.25, -0.2) is 0 Å². The van der Waals surface area contributed by atoms with E-state index in [0.29, 0.717) is 6.79 Å². The summed E-state index contributed by atoms with van der Waals surface area (Å²) in [4.78, 5) is 0.